The van der Waals surface area contributed by atoms with Crippen LogP contribution < -0.4 is 20.7 Å². The van der Waals surface area contributed by atoms with E-state index < -0.39 is 17.6 Å². The molecule has 281 valence electrons. The van der Waals surface area contributed by atoms with Crippen molar-refractivity contribution < 1.29 is 57.9 Å². The number of hydrogen-bond acceptors (Lipinski definition) is 8. The minimum atomic E-state index is -1.17. The molecule has 6 rings (SSSR count). The fourth-order valence-electron chi connectivity index (χ4n) is 5.80. The van der Waals surface area contributed by atoms with Crippen LogP contribution in [0.25, 0.3) is 11.3 Å². The first-order chi connectivity index (χ1) is 25.2. The summed E-state index contributed by atoms with van der Waals surface area (Å²) in [5.74, 6) is -1.40. The average Bonchev–Trinajstić information content (AvgIpc) is 3.70. The first-order valence-corrected chi connectivity index (χ1v) is 17.9. The number of Topliss-reactive ketones (excluding diaryl/α,β-unsaturated/α-hetero) is 1. The largest absolute Gasteiger partial charge is 0.486 e. The molecule has 4 N–H and O–H groups in total. The van der Waals surface area contributed by atoms with Crippen molar-refractivity contribution in [3.8, 4) is 17.0 Å². The van der Waals surface area contributed by atoms with Crippen molar-refractivity contribution in [2.24, 2.45) is 0 Å². The maximum atomic E-state index is 13.2. The predicted octanol–water partition coefficient (Wildman–Crippen LogP) is 5.99. The van der Waals surface area contributed by atoms with Gasteiger partial charge in [-0.05, 0) is 54.8 Å². The predicted molar refractivity (Wildman–Crippen MR) is 191 cm³/mol. The molecule has 2 aliphatic rings. The van der Waals surface area contributed by atoms with Crippen molar-refractivity contribution in [2.45, 2.75) is 62.5 Å². The van der Waals surface area contributed by atoms with Gasteiger partial charge in [-0.1, -0.05) is 48.4 Å². The van der Waals surface area contributed by atoms with Crippen LogP contribution in [0.5, 0.6) is 5.75 Å². The summed E-state index contributed by atoms with van der Waals surface area (Å²) in [4.78, 5) is 55.3. The Bertz CT molecular complexity index is 1870. The Morgan fingerprint density at radius 1 is 0.981 bits per heavy atom. The Labute approximate surface area is 323 Å². The average molecular weight is 923 g/mol. The topological polar surface area (TPSA) is 160 Å². The number of thioether (sulfide) groups is 1. The molecular formula is C38H38F2IrN5O6S-. The van der Waals surface area contributed by atoms with E-state index in [0.717, 1.165) is 42.7 Å². The maximum Gasteiger partial charge on any atom is 0.358 e. The van der Waals surface area contributed by atoms with Gasteiger partial charge in [-0.3, -0.25) is 18.4 Å². The van der Waals surface area contributed by atoms with Crippen molar-refractivity contribution in [1.29, 1.82) is 0 Å². The van der Waals surface area contributed by atoms with Crippen LogP contribution >= 0.6 is 11.8 Å². The molecule has 3 amide bonds. The van der Waals surface area contributed by atoms with Crippen LogP contribution in [0.2, 0.25) is 0 Å². The van der Waals surface area contributed by atoms with Crippen molar-refractivity contribution in [3.63, 3.8) is 0 Å². The number of rotatable bonds is 15. The van der Waals surface area contributed by atoms with Crippen LogP contribution in [0.3, 0.4) is 0 Å². The number of amides is 3. The third kappa shape index (κ3) is 12.2. The first kappa shape index (κ1) is 41.0. The van der Waals surface area contributed by atoms with Crippen molar-refractivity contribution in [1.82, 2.24) is 25.9 Å². The second-order valence-electron chi connectivity index (χ2n) is 12.1. The Kier molecular flexibility index (Phi) is 15.9. The van der Waals surface area contributed by atoms with Gasteiger partial charge in [0.15, 0.2) is 17.2 Å². The molecular weight excluding hydrogens is 885 g/mol. The molecule has 2 fully saturated rings. The molecule has 15 heteroatoms. The molecule has 1 radical (unpaired) electrons. The number of hydrogen-bond donors (Lipinski definition) is 4. The van der Waals surface area contributed by atoms with Crippen LogP contribution in [-0.4, -0.2) is 68.4 Å². The van der Waals surface area contributed by atoms with Gasteiger partial charge in [-0.2, -0.15) is 11.8 Å². The van der Waals surface area contributed by atoms with Gasteiger partial charge in [0, 0.05) is 80.1 Å². The van der Waals surface area contributed by atoms with E-state index in [2.05, 4.69) is 32.0 Å². The number of ketones is 1. The van der Waals surface area contributed by atoms with Gasteiger partial charge in [0.05, 0.1) is 12.1 Å². The number of carbonyl (C=O) groups excluding carboxylic acids is 3. The van der Waals surface area contributed by atoms with Crippen molar-refractivity contribution >= 4 is 35.5 Å². The Balaban J connectivity index is 0.000000349. The molecule has 2 aliphatic heterocycles. The summed E-state index contributed by atoms with van der Waals surface area (Å²) in [6.07, 6.45) is 6.93. The monoisotopic (exact) mass is 923 g/mol. The number of unbranched alkanes of at least 4 members (excludes halogenated alkanes) is 1. The molecule has 4 aromatic rings. The van der Waals surface area contributed by atoms with Gasteiger partial charge in [0.2, 0.25) is 5.91 Å². The second-order valence-corrected chi connectivity index (χ2v) is 13.4. The number of aromatic nitrogens is 2. The summed E-state index contributed by atoms with van der Waals surface area (Å²) in [5.41, 5.74) is 1.76. The molecule has 0 aliphatic carbocycles. The third-order valence-electron chi connectivity index (χ3n) is 8.38. The smallest absolute Gasteiger partial charge is 0.358 e. The number of nitrogens with one attached hydrogen (secondary N) is 3. The molecule has 0 bridgehead atoms. The number of nitrogens with zero attached hydrogens (tertiary/aromatic N) is 2. The summed E-state index contributed by atoms with van der Waals surface area (Å²) in [6, 6.07) is 20.0. The maximum absolute atomic E-state index is 13.2. The van der Waals surface area contributed by atoms with Crippen LogP contribution in [0, 0.1) is 17.7 Å². The first-order valence-electron chi connectivity index (χ1n) is 16.8. The summed E-state index contributed by atoms with van der Waals surface area (Å²) < 4.78 is 31.4. The minimum Gasteiger partial charge on any atom is -0.486 e. The van der Waals surface area contributed by atoms with Crippen LogP contribution in [-0.2, 0) is 31.5 Å². The Morgan fingerprint density at radius 3 is 2.58 bits per heavy atom. The van der Waals surface area contributed by atoms with Crippen LogP contribution in [0.1, 0.15) is 64.9 Å². The van der Waals surface area contributed by atoms with E-state index in [1.165, 1.54) is 12.3 Å². The second kappa shape index (κ2) is 20.5. The summed E-state index contributed by atoms with van der Waals surface area (Å²) in [7, 11) is 0. The SMILES string of the molecule is Fc1c[c-]c(-c2ccccn2)c(F)c1.O=C(CCCCC1SCC2NC(=O)NC21)NCCCC(=O)c1cccc(COc2cccnc2C(=O)O)c1.[Ir]. The number of carboxylic acids is 1. The number of aromatic carboxylic acids is 1. The quantitative estimate of drug-likeness (QED) is 0.0487. The zero-order valence-corrected chi connectivity index (χ0v) is 31.7. The molecule has 3 unspecified atom stereocenters. The van der Waals surface area contributed by atoms with E-state index in [1.54, 1.807) is 54.7 Å². The zero-order valence-electron chi connectivity index (χ0n) is 28.5. The summed E-state index contributed by atoms with van der Waals surface area (Å²) in [5, 5.41) is 18.4. The number of pyridine rings is 2. The van der Waals surface area contributed by atoms with E-state index in [0.29, 0.717) is 42.3 Å². The summed E-state index contributed by atoms with van der Waals surface area (Å²) in [6.45, 7) is 0.543. The zero-order chi connectivity index (χ0) is 36.9. The molecule has 53 heavy (non-hydrogen) atoms. The minimum absolute atomic E-state index is 0. The van der Waals surface area contributed by atoms with Gasteiger partial charge < -0.3 is 30.8 Å². The van der Waals surface area contributed by atoms with E-state index in [9.17, 15) is 33.1 Å². The molecule has 0 spiro atoms. The Morgan fingerprint density at radius 2 is 1.81 bits per heavy atom. The Hall–Kier alpha value is -4.72. The van der Waals surface area contributed by atoms with Gasteiger partial charge >= 0.3 is 12.0 Å². The molecule has 4 heterocycles. The van der Waals surface area contributed by atoms with Gasteiger partial charge in [-0.25, -0.2) is 14.6 Å². The van der Waals surface area contributed by atoms with E-state index >= 15 is 0 Å². The summed E-state index contributed by atoms with van der Waals surface area (Å²) >= 11 is 1.88. The van der Waals surface area contributed by atoms with E-state index in [4.69, 9.17) is 4.74 Å². The number of ether oxygens (including phenoxy) is 1. The normalized spacial score (nSPS) is 16.9. The van der Waals surface area contributed by atoms with E-state index in [1.807, 2.05) is 11.8 Å². The number of benzene rings is 2. The molecule has 11 nitrogen and oxygen atoms in total. The fraction of sp³-hybridized carbons (Fsp3) is 0.316. The number of urea groups is 1. The number of carboxylic acid groups (broad SMARTS) is 1. The third-order valence-corrected chi connectivity index (χ3v) is 9.89. The molecule has 2 aromatic heterocycles. The van der Waals surface area contributed by atoms with Crippen molar-refractivity contribution in [3.05, 3.63) is 114 Å². The van der Waals surface area contributed by atoms with Crippen LogP contribution in [0.4, 0.5) is 13.6 Å². The van der Waals surface area contributed by atoms with Gasteiger partial charge in [0.1, 0.15) is 6.61 Å². The van der Waals surface area contributed by atoms with Gasteiger partial charge in [0.25, 0.3) is 0 Å². The number of fused-ring (bicyclic) bond motifs is 1. The molecule has 3 atom stereocenters. The number of halogens is 2. The van der Waals surface area contributed by atoms with Crippen LogP contribution in [0.15, 0.2) is 79.1 Å². The fourth-order valence-corrected chi connectivity index (χ4v) is 7.34. The molecule has 2 saturated heterocycles. The molecule has 2 aromatic carbocycles. The number of carbonyl (C=O) groups is 4. The molecule has 0 saturated carbocycles. The van der Waals surface area contributed by atoms with E-state index in [-0.39, 0.29) is 73.5 Å². The van der Waals surface area contributed by atoms with Crippen molar-refractivity contribution in [2.75, 3.05) is 12.3 Å². The van der Waals surface area contributed by atoms with Gasteiger partial charge in [-0.15, -0.1) is 12.1 Å². The standard InChI is InChI=1S/C27H32N4O6S.C11H6F2N.Ir/c32-20(18-7-3-6-17(14-18)15-37-21-9-5-13-29-25(21)26(34)35)8-4-12-28-23(33)11-2-1-10-22-24-19(16-38-22)30-27(36)31-24;12-8-4-5-9(10(13)7-8)11-3-1-2-6-14-11;/h3,5-7,9,13-14,19,22,24H,1-2,4,8,10-12,15-16H2,(H,28,33)(H,34,35)(H2,30,31,36);1-4,6-7H;/q;-1;.